The van der Waals surface area contributed by atoms with Gasteiger partial charge in [-0.05, 0) is 25.0 Å². The Labute approximate surface area is 99.4 Å². The Balaban J connectivity index is 2.49. The van der Waals surface area contributed by atoms with E-state index in [0.717, 1.165) is 22.7 Å². The monoisotopic (exact) mass is 233 g/mol. The largest absolute Gasteiger partial charge is 0.326 e. The smallest absolute Gasteiger partial charge is 0.125 e. The number of aromatic nitrogens is 2. The maximum atomic E-state index is 5.71. The number of thiazole rings is 1. The van der Waals surface area contributed by atoms with Gasteiger partial charge >= 0.3 is 0 Å². The van der Waals surface area contributed by atoms with Crippen LogP contribution in [-0.2, 0) is 13.0 Å². The van der Waals surface area contributed by atoms with E-state index in [1.54, 1.807) is 17.5 Å². The van der Waals surface area contributed by atoms with Gasteiger partial charge in [0.25, 0.3) is 0 Å². The minimum absolute atomic E-state index is 0.570. The third-order valence-electron chi connectivity index (χ3n) is 2.57. The van der Waals surface area contributed by atoms with Gasteiger partial charge in [-0.3, -0.25) is 4.98 Å². The summed E-state index contributed by atoms with van der Waals surface area (Å²) in [4.78, 5) is 9.96. The number of pyridine rings is 1. The van der Waals surface area contributed by atoms with Crippen molar-refractivity contribution in [3.63, 3.8) is 0 Å². The summed E-state index contributed by atoms with van der Waals surface area (Å²) >= 11 is 1.68. The molecule has 0 spiro atoms. The fourth-order valence-electron chi connectivity index (χ4n) is 1.62. The molecule has 2 rings (SSSR count). The highest BCUT2D eigenvalue weighted by atomic mass is 32.1. The van der Waals surface area contributed by atoms with Gasteiger partial charge in [0.1, 0.15) is 5.01 Å². The zero-order valence-corrected chi connectivity index (χ0v) is 10.3. The molecule has 3 nitrogen and oxygen atoms in total. The summed E-state index contributed by atoms with van der Waals surface area (Å²) in [6.07, 6.45) is 4.60. The summed E-state index contributed by atoms with van der Waals surface area (Å²) in [7, 11) is 0. The van der Waals surface area contributed by atoms with Crippen molar-refractivity contribution in [1.82, 2.24) is 9.97 Å². The van der Waals surface area contributed by atoms with E-state index in [-0.39, 0.29) is 0 Å². The van der Waals surface area contributed by atoms with Crippen LogP contribution in [0.3, 0.4) is 0 Å². The number of hydrogen-bond acceptors (Lipinski definition) is 4. The normalized spacial score (nSPS) is 10.7. The minimum Gasteiger partial charge on any atom is -0.326 e. The summed E-state index contributed by atoms with van der Waals surface area (Å²) < 4.78 is 0. The molecule has 0 fully saturated rings. The van der Waals surface area contributed by atoms with E-state index in [1.165, 1.54) is 10.4 Å². The molecule has 0 radical (unpaired) electrons. The summed E-state index contributed by atoms with van der Waals surface area (Å²) in [6.45, 7) is 4.75. The Kier molecular flexibility index (Phi) is 3.31. The Hall–Kier alpha value is -1.26. The lowest BCUT2D eigenvalue weighted by molar-refractivity contribution is 0.989. The van der Waals surface area contributed by atoms with Gasteiger partial charge in [0.15, 0.2) is 0 Å². The SMILES string of the molecule is CCc1nc(-c2cnccc2C)sc1CN. The second-order valence-corrected chi connectivity index (χ2v) is 4.72. The first-order valence-electron chi connectivity index (χ1n) is 5.36. The van der Waals surface area contributed by atoms with Crippen LogP contribution in [0.1, 0.15) is 23.1 Å². The number of nitrogens with zero attached hydrogens (tertiary/aromatic N) is 2. The van der Waals surface area contributed by atoms with Gasteiger partial charge in [-0.2, -0.15) is 0 Å². The van der Waals surface area contributed by atoms with Crippen molar-refractivity contribution in [2.24, 2.45) is 5.73 Å². The standard InChI is InChI=1S/C12H15N3S/c1-3-10-11(6-13)16-12(15-10)9-7-14-5-4-8(9)2/h4-5,7H,3,6,13H2,1-2H3. The van der Waals surface area contributed by atoms with Crippen molar-refractivity contribution in [3.8, 4) is 10.6 Å². The van der Waals surface area contributed by atoms with Crippen molar-refractivity contribution < 1.29 is 0 Å². The van der Waals surface area contributed by atoms with Gasteiger partial charge in [-0.15, -0.1) is 11.3 Å². The molecule has 84 valence electrons. The quantitative estimate of drug-likeness (QED) is 0.886. The van der Waals surface area contributed by atoms with Gasteiger partial charge < -0.3 is 5.73 Å². The van der Waals surface area contributed by atoms with Crippen LogP contribution >= 0.6 is 11.3 Å². The molecule has 0 aliphatic rings. The molecule has 0 aliphatic carbocycles. The lowest BCUT2D eigenvalue weighted by Gasteiger charge is -1.99. The van der Waals surface area contributed by atoms with Gasteiger partial charge in [0.2, 0.25) is 0 Å². The number of aryl methyl sites for hydroxylation is 2. The highest BCUT2D eigenvalue weighted by Crippen LogP contribution is 2.29. The van der Waals surface area contributed by atoms with Crippen LogP contribution in [0, 0.1) is 6.92 Å². The third-order valence-corrected chi connectivity index (χ3v) is 3.72. The zero-order chi connectivity index (χ0) is 11.5. The summed E-state index contributed by atoms with van der Waals surface area (Å²) in [5.41, 5.74) is 9.14. The molecule has 16 heavy (non-hydrogen) atoms. The van der Waals surface area contributed by atoms with Crippen molar-refractivity contribution in [3.05, 3.63) is 34.6 Å². The molecular formula is C12H15N3S. The molecule has 2 aromatic rings. The van der Waals surface area contributed by atoms with Crippen LogP contribution < -0.4 is 5.73 Å². The molecule has 0 saturated heterocycles. The van der Waals surface area contributed by atoms with E-state index < -0.39 is 0 Å². The van der Waals surface area contributed by atoms with Crippen LogP contribution in [0.5, 0.6) is 0 Å². The summed E-state index contributed by atoms with van der Waals surface area (Å²) in [6, 6.07) is 2.00. The predicted octanol–water partition coefficient (Wildman–Crippen LogP) is 2.53. The molecule has 4 heteroatoms. The van der Waals surface area contributed by atoms with Crippen LogP contribution in [0.25, 0.3) is 10.6 Å². The molecule has 2 N–H and O–H groups in total. The molecule has 0 amide bonds. The Morgan fingerprint density at radius 3 is 2.81 bits per heavy atom. The van der Waals surface area contributed by atoms with Crippen LogP contribution in [0.15, 0.2) is 18.5 Å². The third kappa shape index (κ3) is 1.99. The zero-order valence-electron chi connectivity index (χ0n) is 9.53. The predicted molar refractivity (Wildman–Crippen MR) is 67.4 cm³/mol. The van der Waals surface area contributed by atoms with E-state index in [2.05, 4.69) is 23.8 Å². The van der Waals surface area contributed by atoms with Gasteiger partial charge in [-0.1, -0.05) is 6.92 Å². The van der Waals surface area contributed by atoms with E-state index >= 15 is 0 Å². The van der Waals surface area contributed by atoms with Crippen molar-refractivity contribution in [2.75, 3.05) is 0 Å². The van der Waals surface area contributed by atoms with Gasteiger partial charge in [-0.25, -0.2) is 4.98 Å². The van der Waals surface area contributed by atoms with Crippen molar-refractivity contribution in [2.45, 2.75) is 26.8 Å². The molecule has 2 heterocycles. The first-order chi connectivity index (χ1) is 7.76. The average molecular weight is 233 g/mol. The highest BCUT2D eigenvalue weighted by molar-refractivity contribution is 7.15. The molecular weight excluding hydrogens is 218 g/mol. The Morgan fingerprint density at radius 1 is 1.44 bits per heavy atom. The molecule has 0 atom stereocenters. The molecule has 0 aliphatic heterocycles. The van der Waals surface area contributed by atoms with Gasteiger partial charge in [0.05, 0.1) is 5.69 Å². The fraction of sp³-hybridized carbons (Fsp3) is 0.333. The molecule has 0 aromatic carbocycles. The van der Waals surface area contributed by atoms with Crippen LogP contribution in [0.4, 0.5) is 0 Å². The molecule has 2 aromatic heterocycles. The number of rotatable bonds is 3. The first kappa shape index (κ1) is 11.2. The number of hydrogen-bond donors (Lipinski definition) is 1. The molecule has 0 bridgehead atoms. The Bertz CT molecular complexity index is 469. The fourth-order valence-corrected chi connectivity index (χ4v) is 2.73. The molecule has 0 unspecified atom stereocenters. The maximum absolute atomic E-state index is 5.71. The number of nitrogens with two attached hydrogens (primary N) is 1. The average Bonchev–Trinajstić information content (AvgIpc) is 2.72. The summed E-state index contributed by atoms with van der Waals surface area (Å²) in [5, 5.41) is 1.03. The second kappa shape index (κ2) is 4.72. The maximum Gasteiger partial charge on any atom is 0.125 e. The Morgan fingerprint density at radius 2 is 2.25 bits per heavy atom. The lowest BCUT2D eigenvalue weighted by atomic mass is 10.2. The van der Waals surface area contributed by atoms with E-state index in [4.69, 9.17) is 5.73 Å². The van der Waals surface area contributed by atoms with E-state index in [9.17, 15) is 0 Å². The van der Waals surface area contributed by atoms with Crippen molar-refractivity contribution in [1.29, 1.82) is 0 Å². The van der Waals surface area contributed by atoms with Crippen molar-refractivity contribution >= 4 is 11.3 Å². The van der Waals surface area contributed by atoms with Gasteiger partial charge in [0, 0.05) is 29.4 Å². The first-order valence-corrected chi connectivity index (χ1v) is 6.17. The lowest BCUT2D eigenvalue weighted by Crippen LogP contribution is -1.96. The van der Waals surface area contributed by atoms with E-state index in [0.29, 0.717) is 6.54 Å². The second-order valence-electron chi connectivity index (χ2n) is 3.64. The molecule has 0 saturated carbocycles. The topological polar surface area (TPSA) is 51.8 Å². The minimum atomic E-state index is 0.570. The van der Waals surface area contributed by atoms with Crippen LogP contribution in [0.2, 0.25) is 0 Å². The van der Waals surface area contributed by atoms with Crippen LogP contribution in [-0.4, -0.2) is 9.97 Å². The highest BCUT2D eigenvalue weighted by Gasteiger charge is 2.11. The van der Waals surface area contributed by atoms with E-state index in [1.807, 2.05) is 12.3 Å². The summed E-state index contributed by atoms with van der Waals surface area (Å²) in [5.74, 6) is 0.